The van der Waals surface area contributed by atoms with E-state index in [1.807, 2.05) is 29.8 Å². The lowest BCUT2D eigenvalue weighted by Crippen LogP contribution is -2.14. The molecule has 2 aromatic carbocycles. The van der Waals surface area contributed by atoms with Crippen LogP contribution in [0.3, 0.4) is 0 Å². The molecular weight excluding hydrogens is 514 g/mol. The van der Waals surface area contributed by atoms with Crippen molar-refractivity contribution in [2.24, 2.45) is 0 Å². The molecule has 0 bridgehead atoms. The summed E-state index contributed by atoms with van der Waals surface area (Å²) in [6.45, 7) is 6.74. The number of methoxy groups -OCH3 is 1. The first-order valence-electron chi connectivity index (χ1n) is 14.7. The van der Waals surface area contributed by atoms with Crippen molar-refractivity contribution in [3.05, 3.63) is 70.5 Å². The van der Waals surface area contributed by atoms with Crippen LogP contribution in [0.15, 0.2) is 42.6 Å². The fraction of sp³-hybridized carbons (Fsp3) is 0.382. The van der Waals surface area contributed by atoms with Crippen LogP contribution >= 0.6 is 0 Å². The predicted molar refractivity (Wildman–Crippen MR) is 162 cm³/mol. The SMILES string of the molecule is CCOC(=O)c1cnn(C(C)C)c1C1=Cc2cc(OC)ccc2-c2c(C3CCCCC3)c3ccc(C=O)cc3n2C1. The molecule has 1 aliphatic carbocycles. The van der Waals surface area contributed by atoms with Gasteiger partial charge in [-0.25, -0.2) is 4.79 Å². The maximum absolute atomic E-state index is 13.2. The highest BCUT2D eigenvalue weighted by Crippen LogP contribution is 2.48. The molecule has 2 aliphatic rings. The first-order chi connectivity index (χ1) is 19.9. The summed E-state index contributed by atoms with van der Waals surface area (Å²) in [6, 6.07) is 12.3. The Bertz CT molecular complexity index is 1670. The highest BCUT2D eigenvalue weighted by Gasteiger charge is 2.31. The Morgan fingerprint density at radius 2 is 1.90 bits per heavy atom. The number of aromatic nitrogens is 3. The van der Waals surface area contributed by atoms with Crippen LogP contribution in [0.1, 0.15) is 102 Å². The average molecular weight is 552 g/mol. The summed E-state index contributed by atoms with van der Waals surface area (Å²) in [5, 5.41) is 5.83. The van der Waals surface area contributed by atoms with E-state index in [9.17, 15) is 9.59 Å². The minimum absolute atomic E-state index is 0.0300. The monoisotopic (exact) mass is 551 g/mol. The zero-order valence-corrected chi connectivity index (χ0v) is 24.3. The van der Waals surface area contributed by atoms with E-state index in [-0.39, 0.29) is 18.6 Å². The second kappa shape index (κ2) is 11.0. The van der Waals surface area contributed by atoms with Crippen LogP contribution in [0.4, 0.5) is 0 Å². The number of nitrogens with zero attached hydrogens (tertiary/aromatic N) is 3. The molecule has 0 unspecified atom stereocenters. The smallest absolute Gasteiger partial charge is 0.341 e. The molecule has 0 radical (unpaired) electrons. The van der Waals surface area contributed by atoms with Gasteiger partial charge in [0.1, 0.15) is 17.6 Å². The fourth-order valence-electron chi connectivity index (χ4n) is 6.71. The second-order valence-corrected chi connectivity index (χ2v) is 11.4. The van der Waals surface area contributed by atoms with Gasteiger partial charge in [-0.2, -0.15) is 5.10 Å². The van der Waals surface area contributed by atoms with Crippen molar-refractivity contribution in [2.45, 2.75) is 71.4 Å². The van der Waals surface area contributed by atoms with E-state index in [1.165, 1.54) is 35.9 Å². The number of hydrogen-bond acceptors (Lipinski definition) is 5. The number of rotatable bonds is 7. The number of allylic oxidation sites excluding steroid dienone is 1. The zero-order valence-electron chi connectivity index (χ0n) is 24.3. The molecule has 3 heterocycles. The Balaban J connectivity index is 1.68. The summed E-state index contributed by atoms with van der Waals surface area (Å²) in [6.07, 6.45) is 10.7. The van der Waals surface area contributed by atoms with Crippen LogP contribution in [0.5, 0.6) is 5.75 Å². The van der Waals surface area contributed by atoms with Gasteiger partial charge < -0.3 is 14.0 Å². The van der Waals surface area contributed by atoms with Crippen molar-refractivity contribution in [1.29, 1.82) is 0 Å². The van der Waals surface area contributed by atoms with E-state index in [2.05, 4.69) is 47.8 Å². The number of carbonyl (C=O) groups is 2. The van der Waals surface area contributed by atoms with Gasteiger partial charge in [0.2, 0.25) is 0 Å². The van der Waals surface area contributed by atoms with Gasteiger partial charge in [0, 0.05) is 28.1 Å². The summed E-state index contributed by atoms with van der Waals surface area (Å²) in [4.78, 5) is 25.1. The Morgan fingerprint density at radius 1 is 1.10 bits per heavy atom. The lowest BCUT2D eigenvalue weighted by Gasteiger charge is -2.24. The topological polar surface area (TPSA) is 75.3 Å². The molecule has 7 heteroatoms. The third-order valence-electron chi connectivity index (χ3n) is 8.53. The van der Waals surface area contributed by atoms with Crippen molar-refractivity contribution < 1.29 is 19.1 Å². The number of fused-ring (bicyclic) bond motifs is 5. The van der Waals surface area contributed by atoms with E-state index < -0.39 is 0 Å². The van der Waals surface area contributed by atoms with Crippen molar-refractivity contribution in [3.8, 4) is 17.0 Å². The molecule has 0 N–H and O–H groups in total. The van der Waals surface area contributed by atoms with Gasteiger partial charge >= 0.3 is 5.97 Å². The summed E-state index contributed by atoms with van der Waals surface area (Å²) < 4.78 is 15.4. The Hall–Kier alpha value is -4.13. The Morgan fingerprint density at radius 3 is 2.61 bits per heavy atom. The molecule has 1 fully saturated rings. The number of hydrogen-bond donors (Lipinski definition) is 0. The number of aldehydes is 1. The van der Waals surface area contributed by atoms with E-state index in [0.717, 1.165) is 52.8 Å². The van der Waals surface area contributed by atoms with E-state index >= 15 is 0 Å². The predicted octanol–water partition coefficient (Wildman–Crippen LogP) is 7.69. The fourth-order valence-corrected chi connectivity index (χ4v) is 6.71. The van der Waals surface area contributed by atoms with Crippen LogP contribution in [0.2, 0.25) is 0 Å². The molecule has 0 saturated heterocycles. The normalized spacial score (nSPS) is 15.3. The van der Waals surface area contributed by atoms with Crippen LogP contribution in [0.25, 0.3) is 33.8 Å². The summed E-state index contributed by atoms with van der Waals surface area (Å²) >= 11 is 0. The minimum Gasteiger partial charge on any atom is -0.497 e. The molecule has 0 amide bonds. The largest absolute Gasteiger partial charge is 0.497 e. The molecule has 4 aromatic rings. The summed E-state index contributed by atoms with van der Waals surface area (Å²) in [5.74, 6) is 0.834. The zero-order chi connectivity index (χ0) is 28.7. The molecule has 1 saturated carbocycles. The summed E-state index contributed by atoms with van der Waals surface area (Å²) in [5.41, 5.74) is 8.55. The Labute approximate surface area is 240 Å². The highest BCUT2D eigenvalue weighted by atomic mass is 16.5. The second-order valence-electron chi connectivity index (χ2n) is 11.4. The van der Waals surface area contributed by atoms with Gasteiger partial charge in [0.25, 0.3) is 0 Å². The van der Waals surface area contributed by atoms with Crippen LogP contribution in [-0.4, -0.2) is 40.3 Å². The minimum atomic E-state index is -0.380. The molecule has 7 nitrogen and oxygen atoms in total. The van der Waals surface area contributed by atoms with E-state index in [0.29, 0.717) is 23.6 Å². The number of ether oxygens (including phenoxy) is 2. The van der Waals surface area contributed by atoms with Crippen molar-refractivity contribution in [3.63, 3.8) is 0 Å². The van der Waals surface area contributed by atoms with Gasteiger partial charge in [0.15, 0.2) is 0 Å². The van der Waals surface area contributed by atoms with Crippen molar-refractivity contribution in [2.75, 3.05) is 13.7 Å². The third-order valence-corrected chi connectivity index (χ3v) is 8.53. The van der Waals surface area contributed by atoms with Gasteiger partial charge in [-0.05, 0) is 86.6 Å². The number of esters is 1. The lowest BCUT2D eigenvalue weighted by molar-refractivity contribution is 0.0525. The van der Waals surface area contributed by atoms with E-state index in [4.69, 9.17) is 9.47 Å². The average Bonchev–Trinajstić information content (AvgIpc) is 3.52. The third kappa shape index (κ3) is 4.67. The highest BCUT2D eigenvalue weighted by molar-refractivity contribution is 6.02. The first-order valence-corrected chi connectivity index (χ1v) is 14.7. The quantitative estimate of drug-likeness (QED) is 0.174. The van der Waals surface area contributed by atoms with Crippen LogP contribution in [0, 0.1) is 0 Å². The first kappa shape index (κ1) is 27.1. The van der Waals surface area contributed by atoms with Crippen molar-refractivity contribution in [1.82, 2.24) is 14.3 Å². The lowest BCUT2D eigenvalue weighted by atomic mass is 9.81. The maximum Gasteiger partial charge on any atom is 0.341 e. The summed E-state index contributed by atoms with van der Waals surface area (Å²) in [7, 11) is 1.68. The van der Waals surface area contributed by atoms with Crippen LogP contribution in [-0.2, 0) is 11.3 Å². The van der Waals surface area contributed by atoms with Crippen molar-refractivity contribution >= 4 is 34.8 Å². The number of benzene rings is 2. The molecular formula is C34H37N3O4. The van der Waals surface area contributed by atoms with E-state index in [1.54, 1.807) is 13.3 Å². The molecule has 41 heavy (non-hydrogen) atoms. The standard InChI is InChI=1S/C34H37N3O4/c1-5-41-34(39)29-18-35-37(21(2)3)32(29)25-16-24-17-26(40-4)12-14-27(24)33-31(23-9-7-6-8-10-23)28-13-11-22(20-38)15-30(28)36(33)19-25/h11-18,20-21,23H,5-10,19H2,1-4H3. The van der Waals surface area contributed by atoms with Gasteiger partial charge in [-0.1, -0.05) is 31.4 Å². The molecule has 1 aliphatic heterocycles. The van der Waals surface area contributed by atoms with Gasteiger partial charge in [-0.15, -0.1) is 0 Å². The molecule has 0 atom stereocenters. The van der Waals surface area contributed by atoms with Gasteiger partial charge in [-0.3, -0.25) is 9.48 Å². The Kier molecular flexibility index (Phi) is 7.28. The number of carbonyl (C=O) groups excluding carboxylic acids is 2. The molecule has 6 rings (SSSR count). The molecule has 212 valence electrons. The molecule has 2 aromatic heterocycles. The molecule has 0 spiro atoms. The van der Waals surface area contributed by atoms with Crippen LogP contribution < -0.4 is 4.74 Å². The maximum atomic E-state index is 13.2. The van der Waals surface area contributed by atoms with Gasteiger partial charge in [0.05, 0.1) is 37.8 Å².